The molecule has 29 heavy (non-hydrogen) atoms. The van der Waals surface area contributed by atoms with E-state index in [4.69, 9.17) is 4.42 Å². The lowest BCUT2D eigenvalue weighted by Gasteiger charge is -2.32. The van der Waals surface area contributed by atoms with Gasteiger partial charge in [0.1, 0.15) is 17.3 Å². The highest BCUT2D eigenvalue weighted by Gasteiger charge is 2.20. The second kappa shape index (κ2) is 10.6. The van der Waals surface area contributed by atoms with Gasteiger partial charge in [0, 0.05) is 18.9 Å². The van der Waals surface area contributed by atoms with Crippen molar-refractivity contribution >= 4 is 5.91 Å². The van der Waals surface area contributed by atoms with Gasteiger partial charge in [-0.2, -0.15) is 0 Å². The Hall–Kier alpha value is -2.14. The van der Waals surface area contributed by atoms with Crippen LogP contribution in [0.25, 0.3) is 0 Å². The maximum atomic E-state index is 12.9. The molecule has 5 heteroatoms. The second-order valence-electron chi connectivity index (χ2n) is 8.37. The molecule has 1 aliphatic heterocycles. The van der Waals surface area contributed by atoms with Gasteiger partial charge in [-0.3, -0.25) is 4.79 Å². The monoisotopic (exact) mass is 400 g/mol. The Bertz CT molecular complexity index is 763. The quantitative estimate of drug-likeness (QED) is 0.642. The first kappa shape index (κ1) is 21.6. The fourth-order valence-corrected chi connectivity index (χ4v) is 3.96. The number of benzene rings is 1. The zero-order chi connectivity index (χ0) is 20.6. The van der Waals surface area contributed by atoms with Gasteiger partial charge in [-0.1, -0.05) is 19.1 Å². The van der Waals surface area contributed by atoms with Crippen molar-refractivity contribution in [1.82, 2.24) is 10.2 Å². The third-order valence-corrected chi connectivity index (χ3v) is 6.01. The van der Waals surface area contributed by atoms with E-state index in [-0.39, 0.29) is 11.7 Å². The van der Waals surface area contributed by atoms with Gasteiger partial charge >= 0.3 is 0 Å². The molecule has 1 aliphatic rings. The number of hydrogen-bond donors (Lipinski definition) is 1. The van der Waals surface area contributed by atoms with Gasteiger partial charge in [0.25, 0.3) is 0 Å². The van der Waals surface area contributed by atoms with E-state index < -0.39 is 0 Å². The lowest BCUT2D eigenvalue weighted by atomic mass is 9.91. The van der Waals surface area contributed by atoms with Gasteiger partial charge in [0.15, 0.2) is 0 Å². The minimum absolute atomic E-state index is 0.0827. The van der Waals surface area contributed by atoms with Crippen LogP contribution in [0.2, 0.25) is 0 Å². The summed E-state index contributed by atoms with van der Waals surface area (Å²) < 4.78 is 18.6. The normalized spacial score (nSPS) is 16.7. The molecule has 0 saturated carbocycles. The summed E-state index contributed by atoms with van der Waals surface area (Å²) in [5, 5.41) is 2.94. The molecular formula is C24H33FN2O2. The topological polar surface area (TPSA) is 45.5 Å². The van der Waals surface area contributed by atoms with Gasteiger partial charge in [-0.15, -0.1) is 0 Å². The maximum Gasteiger partial charge on any atom is 0.220 e. The molecule has 1 N–H and O–H groups in total. The second-order valence-corrected chi connectivity index (χ2v) is 8.37. The van der Waals surface area contributed by atoms with E-state index in [2.05, 4.69) is 23.2 Å². The van der Waals surface area contributed by atoms with Gasteiger partial charge in [-0.25, -0.2) is 4.39 Å². The lowest BCUT2D eigenvalue weighted by molar-refractivity contribution is -0.121. The van der Waals surface area contributed by atoms with Crippen LogP contribution in [0.4, 0.5) is 4.39 Å². The van der Waals surface area contributed by atoms with Crippen molar-refractivity contribution in [1.29, 1.82) is 0 Å². The number of nitrogens with one attached hydrogen (secondary N) is 1. The van der Waals surface area contributed by atoms with Crippen LogP contribution in [0.5, 0.6) is 0 Å². The molecule has 1 fully saturated rings. The Labute approximate surface area is 173 Å². The molecule has 0 aliphatic carbocycles. The van der Waals surface area contributed by atoms with Gasteiger partial charge in [0.05, 0.1) is 0 Å². The molecule has 2 aromatic rings. The molecule has 0 spiro atoms. The first-order chi connectivity index (χ1) is 14.0. The summed E-state index contributed by atoms with van der Waals surface area (Å²) in [6, 6.07) is 10.4. The number of aryl methyl sites for hydroxylation is 1. The zero-order valence-electron chi connectivity index (χ0n) is 17.6. The Kier molecular flexibility index (Phi) is 7.87. The van der Waals surface area contributed by atoms with E-state index in [1.807, 2.05) is 13.0 Å². The number of hydrogen-bond acceptors (Lipinski definition) is 3. The van der Waals surface area contributed by atoms with E-state index in [0.717, 1.165) is 49.6 Å². The Morgan fingerprint density at radius 2 is 1.93 bits per heavy atom. The summed E-state index contributed by atoms with van der Waals surface area (Å²) >= 11 is 0. The number of rotatable bonds is 9. The fraction of sp³-hybridized carbons (Fsp3) is 0.542. The standard InChI is InChI=1S/C24H33FN2O2/c1-18(23-9-3-19(2)29-23)11-14-27-15-12-20(13-16-27)6-10-24(28)26-17-21-4-7-22(25)8-5-21/h3-5,7-9,18,20H,6,10-17H2,1-2H3,(H,26,28)/t18-/m0/s1. The molecule has 4 nitrogen and oxygen atoms in total. The predicted octanol–water partition coefficient (Wildman–Crippen LogP) is 5.03. The average Bonchev–Trinajstić information content (AvgIpc) is 3.17. The molecule has 1 atom stereocenters. The van der Waals surface area contributed by atoms with Crippen LogP contribution < -0.4 is 5.32 Å². The molecular weight excluding hydrogens is 367 g/mol. The van der Waals surface area contributed by atoms with Crippen LogP contribution in [0.1, 0.15) is 62.0 Å². The summed E-state index contributed by atoms with van der Waals surface area (Å²) in [6.07, 6.45) is 4.97. The number of halogens is 1. The van der Waals surface area contributed by atoms with Crippen molar-refractivity contribution in [3.63, 3.8) is 0 Å². The summed E-state index contributed by atoms with van der Waals surface area (Å²) in [6.45, 7) is 8.02. The minimum Gasteiger partial charge on any atom is -0.466 e. The van der Waals surface area contributed by atoms with Crippen molar-refractivity contribution < 1.29 is 13.6 Å². The lowest BCUT2D eigenvalue weighted by Crippen LogP contribution is -2.35. The molecule has 1 aromatic heterocycles. The van der Waals surface area contributed by atoms with Crippen molar-refractivity contribution in [3.05, 3.63) is 59.3 Å². The largest absolute Gasteiger partial charge is 0.466 e. The average molecular weight is 401 g/mol. The Morgan fingerprint density at radius 1 is 1.21 bits per heavy atom. The first-order valence-electron chi connectivity index (χ1n) is 10.8. The maximum absolute atomic E-state index is 12.9. The first-order valence-corrected chi connectivity index (χ1v) is 10.8. The van der Waals surface area contributed by atoms with E-state index in [9.17, 15) is 9.18 Å². The molecule has 1 saturated heterocycles. The van der Waals surface area contributed by atoms with Crippen LogP contribution in [0.15, 0.2) is 40.8 Å². The van der Waals surface area contributed by atoms with Gasteiger partial charge < -0.3 is 14.6 Å². The summed E-state index contributed by atoms with van der Waals surface area (Å²) in [7, 11) is 0. The number of likely N-dealkylation sites (tertiary alicyclic amines) is 1. The number of furan rings is 1. The zero-order valence-corrected chi connectivity index (χ0v) is 17.6. The van der Waals surface area contributed by atoms with Gasteiger partial charge in [0.2, 0.25) is 5.91 Å². The van der Waals surface area contributed by atoms with Crippen molar-refractivity contribution in [2.24, 2.45) is 5.92 Å². The summed E-state index contributed by atoms with van der Waals surface area (Å²) in [4.78, 5) is 14.6. The number of nitrogens with zero attached hydrogens (tertiary/aromatic N) is 1. The van der Waals surface area contributed by atoms with E-state index >= 15 is 0 Å². The fourth-order valence-electron chi connectivity index (χ4n) is 3.96. The van der Waals surface area contributed by atoms with Gasteiger partial charge in [-0.05, 0) is 88.0 Å². The smallest absolute Gasteiger partial charge is 0.220 e. The Morgan fingerprint density at radius 3 is 2.59 bits per heavy atom. The summed E-state index contributed by atoms with van der Waals surface area (Å²) in [5.41, 5.74) is 0.923. The van der Waals surface area contributed by atoms with Crippen molar-refractivity contribution in [2.75, 3.05) is 19.6 Å². The molecule has 1 aromatic carbocycles. The molecule has 158 valence electrons. The van der Waals surface area contributed by atoms with Crippen LogP contribution in [-0.4, -0.2) is 30.4 Å². The van der Waals surface area contributed by atoms with Crippen LogP contribution in [0, 0.1) is 18.7 Å². The van der Waals surface area contributed by atoms with E-state index in [1.54, 1.807) is 12.1 Å². The van der Waals surface area contributed by atoms with E-state index in [0.29, 0.717) is 24.8 Å². The Balaban J connectivity index is 1.28. The third-order valence-electron chi connectivity index (χ3n) is 6.01. The highest BCUT2D eigenvalue weighted by atomic mass is 19.1. The van der Waals surface area contributed by atoms with Crippen molar-refractivity contribution in [3.8, 4) is 0 Å². The highest BCUT2D eigenvalue weighted by molar-refractivity contribution is 5.75. The molecule has 0 unspecified atom stereocenters. The van der Waals surface area contributed by atoms with Crippen LogP contribution >= 0.6 is 0 Å². The molecule has 3 rings (SSSR count). The molecule has 0 radical (unpaired) electrons. The van der Waals surface area contributed by atoms with E-state index in [1.165, 1.54) is 25.0 Å². The SMILES string of the molecule is Cc1ccc([C@@H](C)CCN2CCC(CCC(=O)NCc3ccc(F)cc3)CC2)o1. The van der Waals surface area contributed by atoms with Crippen LogP contribution in [-0.2, 0) is 11.3 Å². The molecule has 2 heterocycles. The predicted molar refractivity (Wildman–Crippen MR) is 113 cm³/mol. The number of carbonyl (C=O) groups is 1. The number of piperidine rings is 1. The molecule has 0 bridgehead atoms. The number of amides is 1. The highest BCUT2D eigenvalue weighted by Crippen LogP contribution is 2.25. The third kappa shape index (κ3) is 7.00. The van der Waals surface area contributed by atoms with Crippen LogP contribution in [0.3, 0.4) is 0 Å². The molecule has 1 amide bonds. The van der Waals surface area contributed by atoms with Crippen molar-refractivity contribution in [2.45, 2.75) is 58.4 Å². The summed E-state index contributed by atoms with van der Waals surface area (Å²) in [5.74, 6) is 2.98. The number of carbonyl (C=O) groups excluding carboxylic acids is 1. The minimum atomic E-state index is -0.253.